The van der Waals surface area contributed by atoms with Gasteiger partial charge in [0.15, 0.2) is 4.34 Å². The average molecular weight is 483 g/mol. The van der Waals surface area contributed by atoms with Gasteiger partial charge in [-0.05, 0) is 61.1 Å². The topological polar surface area (TPSA) is 106 Å². The molecule has 1 aromatic heterocycles. The molecule has 0 spiro atoms. The Labute approximate surface area is 192 Å². The lowest BCUT2D eigenvalue weighted by Crippen LogP contribution is -2.41. The first kappa shape index (κ1) is 23.4. The lowest BCUT2D eigenvalue weighted by molar-refractivity contribution is 0.153. The zero-order valence-corrected chi connectivity index (χ0v) is 20.4. The number of unbranched alkanes of at least 4 members (excludes halogenated alkanes) is 2. The second kappa shape index (κ2) is 9.64. The molecule has 0 aliphatic heterocycles. The van der Waals surface area contributed by atoms with Crippen molar-refractivity contribution in [3.8, 4) is 10.4 Å². The molecule has 4 rings (SSSR count). The summed E-state index contributed by atoms with van der Waals surface area (Å²) in [4.78, 5) is 24.2. The SMILES string of the molecule is CCCCCSc1nc2c(s1)-c1ccc([C@H]3CC[C@](N)(COP(=O)(O)O)C3)cc1CC2. The van der Waals surface area contributed by atoms with Crippen LogP contribution >= 0.6 is 30.9 Å². The molecule has 0 saturated heterocycles. The third-order valence-corrected chi connectivity index (χ3v) is 9.12. The molecule has 170 valence electrons. The van der Waals surface area contributed by atoms with Crippen molar-refractivity contribution in [3.05, 3.63) is 35.0 Å². The molecule has 0 radical (unpaired) electrons. The van der Waals surface area contributed by atoms with E-state index in [-0.39, 0.29) is 6.61 Å². The van der Waals surface area contributed by atoms with E-state index in [0.717, 1.165) is 25.0 Å². The fourth-order valence-corrected chi connectivity index (χ4v) is 7.38. The summed E-state index contributed by atoms with van der Waals surface area (Å²) < 4.78 is 16.9. The predicted octanol–water partition coefficient (Wildman–Crippen LogP) is 5.27. The van der Waals surface area contributed by atoms with Gasteiger partial charge in [0.2, 0.25) is 0 Å². The van der Waals surface area contributed by atoms with Crippen molar-refractivity contribution in [2.45, 2.75) is 74.1 Å². The first-order valence-corrected chi connectivity index (χ1v) is 14.3. The van der Waals surface area contributed by atoms with Crippen LogP contribution in [0, 0.1) is 0 Å². The van der Waals surface area contributed by atoms with Crippen LogP contribution in [0.4, 0.5) is 0 Å². The van der Waals surface area contributed by atoms with E-state index in [1.54, 1.807) is 0 Å². The van der Waals surface area contributed by atoms with Crippen molar-refractivity contribution in [2.75, 3.05) is 12.4 Å². The smallest absolute Gasteiger partial charge is 0.323 e. The first-order chi connectivity index (χ1) is 14.8. The molecule has 1 heterocycles. The van der Waals surface area contributed by atoms with Gasteiger partial charge in [-0.2, -0.15) is 0 Å². The number of aryl methyl sites for hydroxylation is 2. The Kier molecular flexibility index (Phi) is 7.28. The number of hydrogen-bond donors (Lipinski definition) is 3. The van der Waals surface area contributed by atoms with E-state index in [0.29, 0.717) is 18.8 Å². The molecule has 0 bridgehead atoms. The van der Waals surface area contributed by atoms with Crippen molar-refractivity contribution in [2.24, 2.45) is 5.73 Å². The Morgan fingerprint density at radius 2 is 2.19 bits per heavy atom. The number of thiazole rings is 1. The van der Waals surface area contributed by atoms with Crippen LogP contribution in [0.1, 0.15) is 68.2 Å². The lowest BCUT2D eigenvalue weighted by atomic mass is 9.87. The third-order valence-electron chi connectivity index (χ3n) is 6.29. The fourth-order valence-electron chi connectivity index (χ4n) is 4.62. The highest BCUT2D eigenvalue weighted by Gasteiger charge is 2.38. The van der Waals surface area contributed by atoms with Crippen LogP contribution in [0.25, 0.3) is 10.4 Å². The van der Waals surface area contributed by atoms with Gasteiger partial charge in [0.25, 0.3) is 0 Å². The van der Waals surface area contributed by atoms with E-state index in [1.165, 1.54) is 50.9 Å². The number of phosphoric acid groups is 1. The van der Waals surface area contributed by atoms with Crippen LogP contribution < -0.4 is 5.73 Å². The number of rotatable bonds is 9. The standard InChI is InChI=1S/C22H31N2O4PS2/c1-2-3-4-11-30-21-24-19-8-6-16-12-15(5-7-18(16)20(19)31-21)17-9-10-22(23,13-17)14-28-29(25,26)27/h5,7,12,17H,2-4,6,8-11,13-14,23H2,1H3,(H2,25,26,27)/t17-,22+/m0/s1. The van der Waals surface area contributed by atoms with E-state index in [9.17, 15) is 4.57 Å². The monoisotopic (exact) mass is 482 g/mol. The minimum atomic E-state index is -4.49. The normalized spacial score (nSPS) is 23.0. The minimum Gasteiger partial charge on any atom is -0.323 e. The van der Waals surface area contributed by atoms with Gasteiger partial charge in [-0.15, -0.1) is 11.3 Å². The minimum absolute atomic E-state index is 0.109. The number of thioether (sulfide) groups is 1. The van der Waals surface area contributed by atoms with Crippen molar-refractivity contribution in [3.63, 3.8) is 0 Å². The zero-order chi connectivity index (χ0) is 22.1. The maximum absolute atomic E-state index is 11.0. The Morgan fingerprint density at radius 3 is 2.97 bits per heavy atom. The van der Waals surface area contributed by atoms with Gasteiger partial charge in [0, 0.05) is 11.3 Å². The number of nitrogens with zero attached hydrogens (tertiary/aromatic N) is 1. The van der Waals surface area contributed by atoms with Gasteiger partial charge in [-0.3, -0.25) is 4.52 Å². The Balaban J connectivity index is 1.44. The summed E-state index contributed by atoms with van der Waals surface area (Å²) in [5, 5.41) is 0. The number of nitrogens with two attached hydrogens (primary N) is 1. The van der Waals surface area contributed by atoms with Crippen molar-refractivity contribution < 1.29 is 18.9 Å². The molecule has 1 saturated carbocycles. The maximum atomic E-state index is 11.0. The van der Waals surface area contributed by atoms with Crippen molar-refractivity contribution in [1.82, 2.24) is 4.98 Å². The largest absolute Gasteiger partial charge is 0.469 e. The summed E-state index contributed by atoms with van der Waals surface area (Å²) in [5.74, 6) is 1.43. The predicted molar refractivity (Wildman–Crippen MR) is 127 cm³/mol. The number of hydrogen-bond acceptors (Lipinski definition) is 6. The van der Waals surface area contributed by atoms with Gasteiger partial charge < -0.3 is 15.5 Å². The van der Waals surface area contributed by atoms with Gasteiger partial charge in [-0.1, -0.05) is 49.7 Å². The van der Waals surface area contributed by atoms with E-state index >= 15 is 0 Å². The highest BCUT2D eigenvalue weighted by Crippen LogP contribution is 2.46. The van der Waals surface area contributed by atoms with E-state index in [4.69, 9.17) is 25.0 Å². The summed E-state index contributed by atoms with van der Waals surface area (Å²) in [6.45, 7) is 2.12. The average Bonchev–Trinajstić information content (AvgIpc) is 3.33. The molecule has 9 heteroatoms. The summed E-state index contributed by atoms with van der Waals surface area (Å²) >= 11 is 3.71. The second-order valence-corrected chi connectivity index (χ2v) is 12.4. The quantitative estimate of drug-likeness (QED) is 0.254. The first-order valence-electron chi connectivity index (χ1n) is 11.0. The van der Waals surface area contributed by atoms with E-state index < -0.39 is 13.4 Å². The molecule has 2 atom stereocenters. The number of fused-ring (bicyclic) bond motifs is 3. The molecule has 31 heavy (non-hydrogen) atoms. The van der Waals surface area contributed by atoms with Crippen molar-refractivity contribution >= 4 is 30.9 Å². The Bertz CT molecular complexity index is 976. The summed E-state index contributed by atoms with van der Waals surface area (Å²) in [7, 11) is -4.49. The lowest BCUT2D eigenvalue weighted by Gasteiger charge is -2.24. The van der Waals surface area contributed by atoms with E-state index in [2.05, 4.69) is 25.1 Å². The van der Waals surface area contributed by atoms with Gasteiger partial charge in [0.05, 0.1) is 17.2 Å². The Morgan fingerprint density at radius 1 is 1.35 bits per heavy atom. The molecule has 2 aromatic rings. The molecule has 0 unspecified atom stereocenters. The van der Waals surface area contributed by atoms with Gasteiger partial charge in [0.1, 0.15) is 0 Å². The van der Waals surface area contributed by atoms with Crippen LogP contribution in [0.3, 0.4) is 0 Å². The molecule has 0 amide bonds. The highest BCUT2D eigenvalue weighted by molar-refractivity contribution is 8.01. The molecular weight excluding hydrogens is 451 g/mol. The molecule has 1 fully saturated rings. The molecule has 1 aromatic carbocycles. The molecular formula is C22H31N2O4PS2. The summed E-state index contributed by atoms with van der Waals surface area (Å²) in [6.07, 6.45) is 8.04. The highest BCUT2D eigenvalue weighted by atomic mass is 32.2. The molecule has 2 aliphatic rings. The van der Waals surface area contributed by atoms with Crippen LogP contribution in [-0.2, 0) is 21.9 Å². The maximum Gasteiger partial charge on any atom is 0.469 e. The number of phosphoric ester groups is 1. The van der Waals surface area contributed by atoms with Gasteiger partial charge >= 0.3 is 7.82 Å². The Hall–Kier alpha value is -0.730. The fraction of sp³-hybridized carbons (Fsp3) is 0.591. The van der Waals surface area contributed by atoms with Crippen LogP contribution in [0.2, 0.25) is 0 Å². The second-order valence-electron chi connectivity index (χ2n) is 8.79. The molecule has 2 aliphatic carbocycles. The van der Waals surface area contributed by atoms with Crippen molar-refractivity contribution in [1.29, 1.82) is 0 Å². The number of benzene rings is 1. The van der Waals surface area contributed by atoms with Crippen LogP contribution in [0.15, 0.2) is 22.5 Å². The van der Waals surface area contributed by atoms with E-state index in [1.807, 2.05) is 23.1 Å². The summed E-state index contributed by atoms with van der Waals surface area (Å²) in [5.41, 5.74) is 10.9. The molecule has 4 N–H and O–H groups in total. The van der Waals surface area contributed by atoms with Crippen LogP contribution in [0.5, 0.6) is 0 Å². The van der Waals surface area contributed by atoms with Crippen LogP contribution in [-0.4, -0.2) is 32.7 Å². The molecule has 6 nitrogen and oxygen atoms in total. The zero-order valence-electron chi connectivity index (χ0n) is 17.9. The number of aromatic nitrogens is 1. The van der Waals surface area contributed by atoms with Gasteiger partial charge in [-0.25, -0.2) is 9.55 Å². The third kappa shape index (κ3) is 5.80. The summed E-state index contributed by atoms with van der Waals surface area (Å²) in [6, 6.07) is 6.74.